The average Bonchev–Trinajstić information content (AvgIpc) is 3.77. The van der Waals surface area contributed by atoms with Gasteiger partial charge in [0.1, 0.15) is 12.3 Å². The summed E-state index contributed by atoms with van der Waals surface area (Å²) in [5.41, 5.74) is 3.67. The van der Waals surface area contributed by atoms with Crippen LogP contribution in [0.2, 0.25) is 0 Å². The quantitative estimate of drug-likeness (QED) is 0.510. The number of benzene rings is 2. The minimum Gasteiger partial charge on any atom is -0.497 e. The minimum atomic E-state index is -0.101. The molecule has 0 atom stereocenters. The van der Waals surface area contributed by atoms with Crippen molar-refractivity contribution in [3.63, 3.8) is 0 Å². The number of ether oxygens (including phenoxy) is 1. The predicted octanol–water partition coefficient (Wildman–Crippen LogP) is 3.41. The largest absolute Gasteiger partial charge is 0.497 e. The first-order valence-corrected chi connectivity index (χ1v) is 12.4. The zero-order chi connectivity index (χ0) is 25.1. The first-order valence-electron chi connectivity index (χ1n) is 12.4. The van der Waals surface area contributed by atoms with E-state index in [0.29, 0.717) is 37.5 Å². The van der Waals surface area contributed by atoms with Crippen LogP contribution in [0, 0.1) is 6.92 Å². The lowest BCUT2D eigenvalue weighted by atomic mass is 10.1. The summed E-state index contributed by atoms with van der Waals surface area (Å²) < 4.78 is 5.19. The van der Waals surface area contributed by atoms with Crippen molar-refractivity contribution in [2.45, 2.75) is 25.8 Å². The van der Waals surface area contributed by atoms with Gasteiger partial charge in [-0.3, -0.25) is 9.59 Å². The van der Waals surface area contributed by atoms with Gasteiger partial charge < -0.3 is 19.4 Å². The Morgan fingerprint density at radius 2 is 1.61 bits per heavy atom. The number of carbonyl (C=O) groups is 2. The summed E-state index contributed by atoms with van der Waals surface area (Å²) in [6.07, 6.45) is 1.89. The molecule has 2 heterocycles. The number of piperazine rings is 1. The van der Waals surface area contributed by atoms with Crippen LogP contribution >= 0.6 is 0 Å². The van der Waals surface area contributed by atoms with Crippen molar-refractivity contribution >= 4 is 17.6 Å². The monoisotopic (exact) mass is 485 g/mol. The van der Waals surface area contributed by atoms with Crippen LogP contribution in [-0.2, 0) is 4.79 Å². The van der Waals surface area contributed by atoms with Gasteiger partial charge in [-0.25, -0.2) is 0 Å². The number of amides is 2. The highest BCUT2D eigenvalue weighted by atomic mass is 16.5. The summed E-state index contributed by atoms with van der Waals surface area (Å²) in [6.45, 7) is 4.72. The van der Waals surface area contributed by atoms with Crippen LogP contribution in [0.25, 0.3) is 11.3 Å². The lowest BCUT2D eigenvalue weighted by Crippen LogP contribution is -2.52. The Kier molecular flexibility index (Phi) is 6.84. The zero-order valence-electron chi connectivity index (χ0n) is 20.8. The molecule has 2 amide bonds. The van der Waals surface area contributed by atoms with Crippen molar-refractivity contribution in [2.75, 3.05) is 44.7 Å². The molecule has 1 saturated carbocycles. The summed E-state index contributed by atoms with van der Waals surface area (Å²) in [5.74, 6) is 1.40. The van der Waals surface area contributed by atoms with Gasteiger partial charge in [-0.15, -0.1) is 10.2 Å². The fraction of sp³-hybridized carbons (Fsp3) is 0.357. The Hall–Kier alpha value is -3.94. The number of aromatic nitrogens is 2. The van der Waals surface area contributed by atoms with E-state index in [0.717, 1.165) is 29.9 Å². The molecule has 36 heavy (non-hydrogen) atoms. The molecule has 8 heteroatoms. The first-order chi connectivity index (χ1) is 17.5. The van der Waals surface area contributed by atoms with Gasteiger partial charge in [0.15, 0.2) is 5.82 Å². The Morgan fingerprint density at radius 3 is 2.19 bits per heavy atom. The molecule has 1 aromatic heterocycles. The van der Waals surface area contributed by atoms with E-state index in [1.807, 2.05) is 29.2 Å². The summed E-state index contributed by atoms with van der Waals surface area (Å²) in [6, 6.07) is 19.4. The summed E-state index contributed by atoms with van der Waals surface area (Å²) in [7, 11) is 1.60. The van der Waals surface area contributed by atoms with Crippen molar-refractivity contribution < 1.29 is 14.3 Å². The third-order valence-electron chi connectivity index (χ3n) is 6.85. The normalized spacial score (nSPS) is 15.5. The van der Waals surface area contributed by atoms with Crippen molar-refractivity contribution in [1.82, 2.24) is 20.0 Å². The van der Waals surface area contributed by atoms with E-state index in [-0.39, 0.29) is 24.4 Å². The van der Waals surface area contributed by atoms with Gasteiger partial charge in [-0.2, -0.15) is 0 Å². The molecule has 8 nitrogen and oxygen atoms in total. The fourth-order valence-corrected chi connectivity index (χ4v) is 4.46. The Bertz CT molecular complexity index is 1200. The summed E-state index contributed by atoms with van der Waals surface area (Å²) in [4.78, 5) is 32.0. The molecule has 1 aliphatic heterocycles. The highest BCUT2D eigenvalue weighted by Gasteiger charge is 2.35. The van der Waals surface area contributed by atoms with Crippen LogP contribution in [-0.4, -0.2) is 77.7 Å². The van der Waals surface area contributed by atoms with Crippen LogP contribution in [0.3, 0.4) is 0 Å². The van der Waals surface area contributed by atoms with E-state index in [2.05, 4.69) is 34.2 Å². The average molecular weight is 486 g/mol. The highest BCUT2D eigenvalue weighted by molar-refractivity contribution is 5.97. The van der Waals surface area contributed by atoms with E-state index in [9.17, 15) is 9.59 Å². The van der Waals surface area contributed by atoms with Crippen molar-refractivity contribution in [3.05, 3.63) is 71.8 Å². The number of hydrogen-bond donors (Lipinski definition) is 0. The Morgan fingerprint density at radius 1 is 0.917 bits per heavy atom. The number of nitrogens with zero attached hydrogens (tertiary/aromatic N) is 5. The minimum absolute atomic E-state index is 0.00999. The number of aryl methyl sites for hydroxylation is 1. The first kappa shape index (κ1) is 23.8. The van der Waals surface area contributed by atoms with Crippen molar-refractivity contribution in [1.29, 1.82) is 0 Å². The van der Waals surface area contributed by atoms with E-state index in [4.69, 9.17) is 4.74 Å². The molecular weight excluding hydrogens is 454 g/mol. The molecule has 0 N–H and O–H groups in total. The molecule has 0 spiro atoms. The fourth-order valence-electron chi connectivity index (χ4n) is 4.46. The molecule has 3 aromatic rings. The third kappa shape index (κ3) is 5.32. The van der Waals surface area contributed by atoms with Crippen LogP contribution < -0.4 is 9.64 Å². The van der Waals surface area contributed by atoms with Gasteiger partial charge in [0.25, 0.3) is 5.91 Å². The molecule has 0 unspecified atom stereocenters. The lowest BCUT2D eigenvalue weighted by Gasteiger charge is -2.36. The number of rotatable bonds is 7. The van der Waals surface area contributed by atoms with Gasteiger partial charge in [-0.05, 0) is 56.2 Å². The molecule has 2 aliphatic rings. The molecule has 2 aromatic carbocycles. The number of hydrogen-bond acceptors (Lipinski definition) is 6. The van der Waals surface area contributed by atoms with Gasteiger partial charge in [0, 0.05) is 43.3 Å². The van der Waals surface area contributed by atoms with Crippen molar-refractivity contribution in [2.24, 2.45) is 0 Å². The smallest absolute Gasteiger partial charge is 0.254 e. The molecule has 5 rings (SSSR count). The lowest BCUT2D eigenvalue weighted by molar-refractivity contribution is -0.132. The standard InChI is InChI=1S/C28H31N5O3/c1-20-3-5-21(6-4-20)25-13-14-26(30-29-25)31-15-17-32(18-16-31)27(34)19-33(23-9-10-23)28(35)22-7-11-24(36-2)12-8-22/h3-8,11-14,23H,9-10,15-19H2,1-2H3. The van der Waals surface area contributed by atoms with Gasteiger partial charge in [0.2, 0.25) is 5.91 Å². The van der Waals surface area contributed by atoms with Crippen molar-refractivity contribution in [3.8, 4) is 17.0 Å². The highest BCUT2D eigenvalue weighted by Crippen LogP contribution is 2.29. The number of anilines is 1. The maximum atomic E-state index is 13.1. The summed E-state index contributed by atoms with van der Waals surface area (Å²) >= 11 is 0. The summed E-state index contributed by atoms with van der Waals surface area (Å²) in [5, 5.41) is 8.84. The topological polar surface area (TPSA) is 78.9 Å². The Labute approximate surface area is 211 Å². The van der Waals surface area contributed by atoms with Crippen LogP contribution in [0.4, 0.5) is 5.82 Å². The maximum Gasteiger partial charge on any atom is 0.254 e. The Balaban J connectivity index is 1.17. The number of carbonyl (C=O) groups excluding carboxylic acids is 2. The second-order valence-corrected chi connectivity index (χ2v) is 9.40. The molecule has 186 valence electrons. The third-order valence-corrected chi connectivity index (χ3v) is 6.85. The molecule has 0 radical (unpaired) electrons. The maximum absolute atomic E-state index is 13.1. The van der Waals surface area contributed by atoms with Gasteiger partial charge >= 0.3 is 0 Å². The van der Waals surface area contributed by atoms with E-state index in [1.54, 1.807) is 36.3 Å². The van der Waals surface area contributed by atoms with E-state index in [1.165, 1.54) is 5.56 Å². The molecule has 0 bridgehead atoms. The van der Waals surface area contributed by atoms with E-state index < -0.39 is 0 Å². The zero-order valence-corrected chi connectivity index (χ0v) is 20.8. The second kappa shape index (κ2) is 10.4. The molecule has 1 aliphatic carbocycles. The molecular formula is C28H31N5O3. The molecule has 2 fully saturated rings. The van der Waals surface area contributed by atoms with Crippen LogP contribution in [0.1, 0.15) is 28.8 Å². The second-order valence-electron chi connectivity index (χ2n) is 9.40. The van der Waals surface area contributed by atoms with Gasteiger partial charge in [0.05, 0.1) is 12.8 Å². The van der Waals surface area contributed by atoms with Crippen LogP contribution in [0.15, 0.2) is 60.7 Å². The van der Waals surface area contributed by atoms with E-state index >= 15 is 0 Å². The van der Waals surface area contributed by atoms with Gasteiger partial charge in [-0.1, -0.05) is 29.8 Å². The SMILES string of the molecule is COc1ccc(C(=O)N(CC(=O)N2CCN(c3ccc(-c4ccc(C)cc4)nn3)CC2)C2CC2)cc1. The van der Waals surface area contributed by atoms with Crippen LogP contribution in [0.5, 0.6) is 5.75 Å². The predicted molar refractivity (Wildman–Crippen MR) is 138 cm³/mol. The molecule has 1 saturated heterocycles. The number of methoxy groups -OCH3 is 1.